The Hall–Kier alpha value is -0.580. The maximum Gasteiger partial charge on any atom is 0.303 e. The second-order valence-corrected chi connectivity index (χ2v) is 9.61. The Morgan fingerprint density at radius 1 is 0.846 bits per heavy atom. The third kappa shape index (κ3) is 12.7. The average Bonchev–Trinajstić information content (AvgIpc) is 2.59. The van der Waals surface area contributed by atoms with E-state index in [0.717, 1.165) is 19.3 Å². The van der Waals surface area contributed by atoms with Gasteiger partial charge in [-0.05, 0) is 77.8 Å². The van der Waals surface area contributed by atoms with E-state index in [9.17, 15) is 4.79 Å². The zero-order valence-corrected chi connectivity index (χ0v) is 18.9. The highest BCUT2D eigenvalue weighted by Gasteiger charge is 2.16. The van der Waals surface area contributed by atoms with E-state index >= 15 is 0 Å². The van der Waals surface area contributed by atoms with Gasteiger partial charge < -0.3 is 5.11 Å². The largest absolute Gasteiger partial charge is 0.481 e. The van der Waals surface area contributed by atoms with E-state index in [4.69, 9.17) is 5.11 Å². The van der Waals surface area contributed by atoms with Gasteiger partial charge in [-0.25, -0.2) is 0 Å². The number of rotatable bonds is 15. The van der Waals surface area contributed by atoms with E-state index in [-0.39, 0.29) is 0 Å². The minimum Gasteiger partial charge on any atom is -0.481 e. The molecule has 3 heteroatoms. The maximum atomic E-state index is 10.5. The smallest absolute Gasteiger partial charge is 0.303 e. The number of aliphatic carboxylic acids is 1. The van der Waals surface area contributed by atoms with Gasteiger partial charge >= 0.3 is 5.97 Å². The van der Waals surface area contributed by atoms with Crippen molar-refractivity contribution in [3.8, 4) is 0 Å². The number of carbonyl (C=O) groups is 1. The van der Waals surface area contributed by atoms with Gasteiger partial charge in [0.1, 0.15) is 0 Å². The normalized spacial score (nSPS) is 11.7. The Labute approximate surface area is 174 Å². The highest BCUT2D eigenvalue weighted by molar-refractivity contribution is 14.1. The SMILES string of the molecule is CC(C)(CCCCCCCCCc1ccc(I)cc1)CCCCC(=O)O. The number of carboxylic acids is 1. The van der Waals surface area contributed by atoms with E-state index in [1.165, 1.54) is 66.9 Å². The molecule has 0 atom stereocenters. The number of halogens is 1. The molecule has 0 radical (unpaired) electrons. The summed E-state index contributed by atoms with van der Waals surface area (Å²) in [5, 5.41) is 8.69. The lowest BCUT2D eigenvalue weighted by atomic mass is 9.82. The van der Waals surface area contributed by atoms with Crippen molar-refractivity contribution in [3.63, 3.8) is 0 Å². The molecule has 0 saturated heterocycles. The number of hydrogen-bond donors (Lipinski definition) is 1. The summed E-state index contributed by atoms with van der Waals surface area (Å²) in [7, 11) is 0. The van der Waals surface area contributed by atoms with Gasteiger partial charge in [-0.15, -0.1) is 0 Å². The van der Waals surface area contributed by atoms with Gasteiger partial charge in [0.15, 0.2) is 0 Å². The first-order chi connectivity index (χ1) is 12.4. The van der Waals surface area contributed by atoms with Crippen LogP contribution in [0, 0.1) is 8.99 Å². The van der Waals surface area contributed by atoms with Crippen LogP contribution in [0.25, 0.3) is 0 Å². The molecular formula is C23H37IO2. The van der Waals surface area contributed by atoms with E-state index in [1.54, 1.807) is 0 Å². The Morgan fingerprint density at radius 3 is 1.92 bits per heavy atom. The lowest BCUT2D eigenvalue weighted by Gasteiger charge is -2.24. The summed E-state index contributed by atoms with van der Waals surface area (Å²) in [6.07, 6.45) is 15.2. The predicted molar refractivity (Wildman–Crippen MR) is 120 cm³/mol. The molecule has 0 aliphatic heterocycles. The first-order valence-electron chi connectivity index (χ1n) is 10.4. The van der Waals surface area contributed by atoms with Crippen molar-refractivity contribution in [1.29, 1.82) is 0 Å². The van der Waals surface area contributed by atoms with Crippen molar-refractivity contribution in [1.82, 2.24) is 0 Å². The third-order valence-corrected chi connectivity index (χ3v) is 5.95. The Bertz CT molecular complexity index is 493. The second kappa shape index (κ2) is 13.6. The van der Waals surface area contributed by atoms with Crippen LogP contribution in [0.5, 0.6) is 0 Å². The molecule has 0 spiro atoms. The van der Waals surface area contributed by atoms with E-state index < -0.39 is 5.97 Å². The summed E-state index contributed by atoms with van der Waals surface area (Å²) in [5.41, 5.74) is 1.84. The van der Waals surface area contributed by atoms with Crippen LogP contribution in [0.2, 0.25) is 0 Å². The number of aryl methyl sites for hydroxylation is 1. The lowest BCUT2D eigenvalue weighted by Crippen LogP contribution is -2.11. The molecule has 0 bridgehead atoms. The fraction of sp³-hybridized carbons (Fsp3) is 0.696. The van der Waals surface area contributed by atoms with Gasteiger partial charge in [-0.1, -0.05) is 70.9 Å². The molecule has 1 N–H and O–H groups in total. The van der Waals surface area contributed by atoms with E-state index in [1.807, 2.05) is 0 Å². The Morgan fingerprint density at radius 2 is 1.35 bits per heavy atom. The molecule has 0 aliphatic carbocycles. The standard InChI is InChI=1S/C23H37IO2/c1-23(2,19-11-9-13-22(25)26)18-10-7-5-3-4-6-8-12-20-14-16-21(24)17-15-20/h14-17H,3-13,18-19H2,1-2H3,(H,25,26). The number of unbranched alkanes of at least 4 members (excludes halogenated alkanes) is 7. The maximum absolute atomic E-state index is 10.5. The van der Waals surface area contributed by atoms with Crippen molar-refractivity contribution >= 4 is 28.6 Å². The molecule has 2 nitrogen and oxygen atoms in total. The average molecular weight is 472 g/mol. The van der Waals surface area contributed by atoms with Crippen LogP contribution in [0.1, 0.15) is 96.5 Å². The molecule has 26 heavy (non-hydrogen) atoms. The first-order valence-corrected chi connectivity index (χ1v) is 11.4. The number of hydrogen-bond acceptors (Lipinski definition) is 1. The highest BCUT2D eigenvalue weighted by Crippen LogP contribution is 2.30. The van der Waals surface area contributed by atoms with Crippen molar-refractivity contribution in [3.05, 3.63) is 33.4 Å². The van der Waals surface area contributed by atoms with Crippen LogP contribution in [0.15, 0.2) is 24.3 Å². The van der Waals surface area contributed by atoms with Crippen LogP contribution in [-0.4, -0.2) is 11.1 Å². The summed E-state index contributed by atoms with van der Waals surface area (Å²) in [5.74, 6) is -0.665. The van der Waals surface area contributed by atoms with E-state index in [0.29, 0.717) is 11.8 Å². The van der Waals surface area contributed by atoms with E-state index in [2.05, 4.69) is 60.7 Å². The zero-order valence-electron chi connectivity index (χ0n) is 16.7. The molecule has 1 rings (SSSR count). The van der Waals surface area contributed by atoms with Crippen molar-refractivity contribution in [2.75, 3.05) is 0 Å². The molecule has 0 fully saturated rings. The second-order valence-electron chi connectivity index (χ2n) is 8.37. The zero-order chi connectivity index (χ0) is 19.3. The molecule has 1 aromatic rings. The Kier molecular flexibility index (Phi) is 12.2. The van der Waals surface area contributed by atoms with Gasteiger partial charge in [0.25, 0.3) is 0 Å². The topological polar surface area (TPSA) is 37.3 Å². The number of benzene rings is 1. The van der Waals surface area contributed by atoms with Crippen LogP contribution < -0.4 is 0 Å². The molecule has 0 heterocycles. The molecule has 1 aromatic carbocycles. The quantitative estimate of drug-likeness (QED) is 0.211. The van der Waals surface area contributed by atoms with Gasteiger partial charge in [0.05, 0.1) is 0 Å². The molecule has 148 valence electrons. The summed E-state index contributed by atoms with van der Waals surface area (Å²) in [6, 6.07) is 8.91. The van der Waals surface area contributed by atoms with Crippen LogP contribution in [-0.2, 0) is 11.2 Å². The summed E-state index contributed by atoms with van der Waals surface area (Å²) < 4.78 is 1.31. The molecule has 0 unspecified atom stereocenters. The van der Waals surface area contributed by atoms with Crippen LogP contribution in [0.3, 0.4) is 0 Å². The van der Waals surface area contributed by atoms with Crippen LogP contribution >= 0.6 is 22.6 Å². The molecule has 0 aliphatic rings. The first kappa shape index (κ1) is 23.5. The minimum absolute atomic E-state index is 0.319. The van der Waals surface area contributed by atoms with Gasteiger partial charge in [0.2, 0.25) is 0 Å². The molecular weight excluding hydrogens is 435 g/mol. The minimum atomic E-state index is -0.665. The summed E-state index contributed by atoms with van der Waals surface area (Å²) >= 11 is 2.36. The Balaban J connectivity index is 1.93. The van der Waals surface area contributed by atoms with Crippen molar-refractivity contribution < 1.29 is 9.90 Å². The monoisotopic (exact) mass is 472 g/mol. The molecule has 0 aromatic heterocycles. The lowest BCUT2D eigenvalue weighted by molar-refractivity contribution is -0.137. The third-order valence-electron chi connectivity index (χ3n) is 5.23. The van der Waals surface area contributed by atoms with Gasteiger partial charge in [-0.2, -0.15) is 0 Å². The highest BCUT2D eigenvalue weighted by atomic mass is 127. The summed E-state index contributed by atoms with van der Waals surface area (Å²) in [4.78, 5) is 10.5. The fourth-order valence-corrected chi connectivity index (χ4v) is 3.83. The van der Waals surface area contributed by atoms with Gasteiger partial charge in [-0.3, -0.25) is 4.79 Å². The fourth-order valence-electron chi connectivity index (χ4n) is 3.47. The molecule has 0 amide bonds. The number of carboxylic acid groups (broad SMARTS) is 1. The van der Waals surface area contributed by atoms with Crippen LogP contribution in [0.4, 0.5) is 0 Å². The van der Waals surface area contributed by atoms with Crippen molar-refractivity contribution in [2.45, 2.75) is 97.3 Å². The van der Waals surface area contributed by atoms with Crippen molar-refractivity contribution in [2.24, 2.45) is 5.41 Å². The summed E-state index contributed by atoms with van der Waals surface area (Å²) in [6.45, 7) is 4.66. The van der Waals surface area contributed by atoms with Gasteiger partial charge in [0, 0.05) is 9.99 Å². The predicted octanol–water partition coefficient (Wildman–Crippen LogP) is 7.63. The molecule has 0 saturated carbocycles.